The Morgan fingerprint density at radius 2 is 2.06 bits per heavy atom. The van der Waals surface area contributed by atoms with Crippen LogP contribution >= 0.6 is 11.6 Å². The molecule has 6 heteroatoms. The van der Waals surface area contributed by atoms with Crippen molar-refractivity contribution in [3.8, 4) is 11.5 Å². The van der Waals surface area contributed by atoms with Crippen LogP contribution in [0.3, 0.4) is 0 Å². The number of rotatable bonds is 3. The Labute approximate surface area is 102 Å². The van der Waals surface area contributed by atoms with Crippen LogP contribution in [0.25, 0.3) is 0 Å². The number of carbonyl (C=O) groups excluding carboxylic acids is 2. The summed E-state index contributed by atoms with van der Waals surface area (Å²) in [5, 5.41) is -1.09. The number of hydrogen-bond donors (Lipinski definition) is 0. The molecule has 2 rings (SSSR count). The quantitative estimate of drug-likeness (QED) is 0.465. The first-order valence-electron chi connectivity index (χ1n) is 4.79. The first-order valence-corrected chi connectivity index (χ1v) is 5.23. The molecule has 1 heterocycles. The number of alkyl halides is 1. The Morgan fingerprint density at radius 3 is 2.76 bits per heavy atom. The summed E-state index contributed by atoms with van der Waals surface area (Å²) in [5.41, 5.74) is 0.464. The van der Waals surface area contributed by atoms with Crippen LogP contribution in [0.4, 0.5) is 0 Å². The summed E-state index contributed by atoms with van der Waals surface area (Å²) >= 11 is 5.89. The molecule has 1 atom stereocenters. The summed E-state index contributed by atoms with van der Waals surface area (Å²) in [7, 11) is 1.13. The van der Waals surface area contributed by atoms with E-state index in [0.717, 1.165) is 7.11 Å². The minimum Gasteiger partial charge on any atom is -0.463 e. The Hall–Kier alpha value is -1.75. The molecule has 1 aliphatic heterocycles. The van der Waals surface area contributed by atoms with E-state index in [9.17, 15) is 9.59 Å². The molecule has 0 spiro atoms. The van der Waals surface area contributed by atoms with E-state index in [1.165, 1.54) is 0 Å². The van der Waals surface area contributed by atoms with E-state index in [0.29, 0.717) is 17.1 Å². The summed E-state index contributed by atoms with van der Waals surface area (Å²) < 4.78 is 14.6. The van der Waals surface area contributed by atoms with Crippen molar-refractivity contribution in [2.75, 3.05) is 13.9 Å². The maximum absolute atomic E-state index is 11.5. The second-order valence-electron chi connectivity index (χ2n) is 3.33. The zero-order chi connectivity index (χ0) is 12.4. The highest BCUT2D eigenvalue weighted by Crippen LogP contribution is 2.35. The molecule has 0 saturated carbocycles. The highest BCUT2D eigenvalue weighted by Gasteiger charge is 2.27. The van der Waals surface area contributed by atoms with Gasteiger partial charge in [-0.15, -0.1) is 11.6 Å². The van der Waals surface area contributed by atoms with Crippen molar-refractivity contribution in [2.45, 2.75) is 5.38 Å². The molecule has 0 saturated heterocycles. The van der Waals surface area contributed by atoms with Gasteiger partial charge in [0.05, 0.1) is 7.11 Å². The lowest BCUT2D eigenvalue weighted by Gasteiger charge is -2.07. The van der Waals surface area contributed by atoms with Crippen LogP contribution in [-0.2, 0) is 14.3 Å². The minimum atomic E-state index is -1.09. The number of ketones is 1. The van der Waals surface area contributed by atoms with E-state index in [4.69, 9.17) is 21.1 Å². The minimum absolute atomic E-state index is 0.136. The van der Waals surface area contributed by atoms with E-state index >= 15 is 0 Å². The highest BCUT2D eigenvalue weighted by atomic mass is 35.5. The summed E-state index contributed by atoms with van der Waals surface area (Å²) in [6.07, 6.45) is 0. The molecule has 1 aromatic rings. The molecule has 0 amide bonds. The second kappa shape index (κ2) is 4.63. The standard InChI is InChI=1S/C11H9ClO5/c1-15-11(14)10(13)9(12)6-2-3-7-8(4-6)17-5-16-7/h2-4,9H,5H2,1H3. The molecule has 0 radical (unpaired) electrons. The topological polar surface area (TPSA) is 61.8 Å². The van der Waals surface area contributed by atoms with Gasteiger partial charge in [0, 0.05) is 0 Å². The molecule has 0 fully saturated rings. The zero-order valence-electron chi connectivity index (χ0n) is 8.94. The fraction of sp³-hybridized carbons (Fsp3) is 0.273. The highest BCUT2D eigenvalue weighted by molar-refractivity contribution is 6.47. The van der Waals surface area contributed by atoms with Gasteiger partial charge in [0.25, 0.3) is 5.78 Å². The third kappa shape index (κ3) is 2.19. The predicted octanol–water partition coefficient (Wildman–Crippen LogP) is 1.44. The number of carbonyl (C=O) groups is 2. The summed E-state index contributed by atoms with van der Waals surface area (Å²) in [6.45, 7) is 0.136. The number of halogens is 1. The van der Waals surface area contributed by atoms with Crippen LogP contribution in [0.1, 0.15) is 10.9 Å². The van der Waals surface area contributed by atoms with Crippen LogP contribution in [0.5, 0.6) is 11.5 Å². The van der Waals surface area contributed by atoms with Gasteiger partial charge in [0.2, 0.25) is 6.79 Å². The van der Waals surface area contributed by atoms with Gasteiger partial charge < -0.3 is 14.2 Å². The normalized spacial score (nSPS) is 14.2. The van der Waals surface area contributed by atoms with Crippen LogP contribution in [0.2, 0.25) is 0 Å². The molecule has 17 heavy (non-hydrogen) atoms. The lowest BCUT2D eigenvalue weighted by molar-refractivity contribution is -0.151. The van der Waals surface area contributed by atoms with Gasteiger partial charge in [-0.05, 0) is 17.7 Å². The second-order valence-corrected chi connectivity index (χ2v) is 3.77. The smallest absolute Gasteiger partial charge is 0.376 e. The molecule has 0 aliphatic carbocycles. The maximum Gasteiger partial charge on any atom is 0.376 e. The Morgan fingerprint density at radius 1 is 1.35 bits per heavy atom. The zero-order valence-corrected chi connectivity index (χ0v) is 9.69. The average molecular weight is 257 g/mol. The fourth-order valence-electron chi connectivity index (χ4n) is 1.43. The Kier molecular flexibility index (Phi) is 3.19. The average Bonchev–Trinajstić information content (AvgIpc) is 2.83. The van der Waals surface area contributed by atoms with Crippen LogP contribution in [0, 0.1) is 0 Å². The van der Waals surface area contributed by atoms with Crippen molar-refractivity contribution in [3.05, 3.63) is 23.8 Å². The van der Waals surface area contributed by atoms with Crippen molar-refractivity contribution in [1.29, 1.82) is 0 Å². The van der Waals surface area contributed by atoms with E-state index in [2.05, 4.69) is 4.74 Å². The number of esters is 1. The van der Waals surface area contributed by atoms with E-state index < -0.39 is 17.1 Å². The third-order valence-corrected chi connectivity index (χ3v) is 2.76. The molecule has 0 bridgehead atoms. The number of hydrogen-bond acceptors (Lipinski definition) is 5. The maximum atomic E-state index is 11.5. The van der Waals surface area contributed by atoms with E-state index in [-0.39, 0.29) is 6.79 Å². The first-order chi connectivity index (χ1) is 8.13. The summed E-state index contributed by atoms with van der Waals surface area (Å²) in [5.74, 6) is -0.690. The van der Waals surface area contributed by atoms with Crippen LogP contribution < -0.4 is 9.47 Å². The molecule has 1 aliphatic rings. The number of Topliss-reactive ketones (excluding diaryl/α,β-unsaturated/α-hetero) is 1. The number of benzene rings is 1. The third-order valence-electron chi connectivity index (χ3n) is 2.31. The molecular formula is C11H9ClO5. The molecule has 0 aromatic heterocycles. The van der Waals surface area contributed by atoms with Crippen molar-refractivity contribution in [1.82, 2.24) is 0 Å². The van der Waals surface area contributed by atoms with Crippen molar-refractivity contribution in [3.63, 3.8) is 0 Å². The number of methoxy groups -OCH3 is 1. The molecular weight excluding hydrogens is 248 g/mol. The largest absolute Gasteiger partial charge is 0.463 e. The van der Waals surface area contributed by atoms with Gasteiger partial charge in [-0.1, -0.05) is 6.07 Å². The first kappa shape index (κ1) is 11.7. The summed E-state index contributed by atoms with van der Waals surface area (Å²) in [6, 6.07) is 4.81. The van der Waals surface area contributed by atoms with Crippen LogP contribution in [-0.4, -0.2) is 25.7 Å². The Balaban J connectivity index is 2.23. The molecule has 0 N–H and O–H groups in total. The fourth-order valence-corrected chi connectivity index (χ4v) is 1.65. The lowest BCUT2D eigenvalue weighted by atomic mass is 10.1. The molecule has 1 unspecified atom stereocenters. The van der Waals surface area contributed by atoms with Gasteiger partial charge in [-0.3, -0.25) is 4.79 Å². The van der Waals surface area contributed by atoms with Gasteiger partial charge in [0.15, 0.2) is 11.5 Å². The van der Waals surface area contributed by atoms with Crippen molar-refractivity contribution < 1.29 is 23.8 Å². The molecule has 5 nitrogen and oxygen atoms in total. The predicted molar refractivity (Wildman–Crippen MR) is 58.2 cm³/mol. The van der Waals surface area contributed by atoms with Gasteiger partial charge >= 0.3 is 5.97 Å². The summed E-state index contributed by atoms with van der Waals surface area (Å²) in [4.78, 5) is 22.5. The van der Waals surface area contributed by atoms with E-state index in [1.54, 1.807) is 18.2 Å². The SMILES string of the molecule is COC(=O)C(=O)C(Cl)c1ccc2c(c1)OCO2. The molecule has 90 valence electrons. The van der Waals surface area contributed by atoms with Gasteiger partial charge in [-0.25, -0.2) is 4.79 Å². The van der Waals surface area contributed by atoms with E-state index in [1.807, 2.05) is 0 Å². The number of fused-ring (bicyclic) bond motifs is 1. The van der Waals surface area contributed by atoms with Crippen LogP contribution in [0.15, 0.2) is 18.2 Å². The van der Waals surface area contributed by atoms with Crippen molar-refractivity contribution >= 4 is 23.4 Å². The van der Waals surface area contributed by atoms with Gasteiger partial charge in [0.1, 0.15) is 5.38 Å². The van der Waals surface area contributed by atoms with Crippen molar-refractivity contribution in [2.24, 2.45) is 0 Å². The van der Waals surface area contributed by atoms with Gasteiger partial charge in [-0.2, -0.15) is 0 Å². The molecule has 1 aromatic carbocycles. The number of ether oxygens (including phenoxy) is 3. The monoisotopic (exact) mass is 256 g/mol. The Bertz CT molecular complexity index is 471. The lowest BCUT2D eigenvalue weighted by Crippen LogP contribution is -2.20.